The van der Waals surface area contributed by atoms with E-state index in [0.717, 1.165) is 19.4 Å². The highest BCUT2D eigenvalue weighted by Crippen LogP contribution is 2.25. The van der Waals surface area contributed by atoms with E-state index in [0.29, 0.717) is 17.3 Å². The highest BCUT2D eigenvalue weighted by Gasteiger charge is 2.20. The van der Waals surface area contributed by atoms with E-state index < -0.39 is 4.92 Å². The molecule has 2 heterocycles. The van der Waals surface area contributed by atoms with Gasteiger partial charge in [-0.3, -0.25) is 10.1 Å². The van der Waals surface area contributed by atoms with Gasteiger partial charge in [-0.15, -0.1) is 0 Å². The molecule has 1 atom stereocenters. The van der Waals surface area contributed by atoms with Crippen molar-refractivity contribution in [3.8, 4) is 11.4 Å². The zero-order valence-electron chi connectivity index (χ0n) is 11.5. The molecule has 1 aromatic carbocycles. The van der Waals surface area contributed by atoms with Crippen molar-refractivity contribution in [1.82, 2.24) is 15.5 Å². The fraction of sp³-hybridized carbons (Fsp3) is 0.429. The molecule has 0 spiro atoms. The van der Waals surface area contributed by atoms with Gasteiger partial charge in [0.05, 0.1) is 11.0 Å². The van der Waals surface area contributed by atoms with Crippen LogP contribution in [0.1, 0.15) is 37.6 Å². The van der Waals surface area contributed by atoms with Gasteiger partial charge < -0.3 is 9.84 Å². The third-order valence-electron chi connectivity index (χ3n) is 3.64. The van der Waals surface area contributed by atoms with Crippen molar-refractivity contribution in [2.45, 2.75) is 31.7 Å². The fourth-order valence-electron chi connectivity index (χ4n) is 2.47. The van der Waals surface area contributed by atoms with Crippen LogP contribution in [0.3, 0.4) is 0 Å². The number of nitrogens with one attached hydrogen (secondary N) is 1. The maximum atomic E-state index is 10.6. The summed E-state index contributed by atoms with van der Waals surface area (Å²) in [5.41, 5.74) is 0.761. The van der Waals surface area contributed by atoms with Crippen molar-refractivity contribution in [3.05, 3.63) is 40.3 Å². The van der Waals surface area contributed by atoms with E-state index in [9.17, 15) is 10.1 Å². The number of rotatable bonds is 3. The summed E-state index contributed by atoms with van der Waals surface area (Å²) in [6.07, 6.45) is 4.52. The number of nitro groups is 1. The van der Waals surface area contributed by atoms with Gasteiger partial charge >= 0.3 is 0 Å². The summed E-state index contributed by atoms with van der Waals surface area (Å²) >= 11 is 0. The van der Waals surface area contributed by atoms with Crippen LogP contribution in [-0.4, -0.2) is 21.6 Å². The second-order valence-corrected chi connectivity index (χ2v) is 5.12. The van der Waals surface area contributed by atoms with Crippen molar-refractivity contribution in [2.75, 3.05) is 6.54 Å². The van der Waals surface area contributed by atoms with Crippen LogP contribution in [0.4, 0.5) is 5.69 Å². The lowest BCUT2D eigenvalue weighted by molar-refractivity contribution is -0.384. The summed E-state index contributed by atoms with van der Waals surface area (Å²) in [4.78, 5) is 14.6. The molecule has 1 aliphatic heterocycles. The average Bonchev–Trinajstić information content (AvgIpc) is 2.83. The van der Waals surface area contributed by atoms with Crippen molar-refractivity contribution >= 4 is 5.69 Å². The molecule has 1 unspecified atom stereocenters. The third-order valence-corrected chi connectivity index (χ3v) is 3.64. The molecule has 1 aromatic heterocycles. The Morgan fingerprint density at radius 2 is 2.05 bits per heavy atom. The monoisotopic (exact) mass is 288 g/mol. The smallest absolute Gasteiger partial charge is 0.269 e. The van der Waals surface area contributed by atoms with E-state index in [4.69, 9.17) is 4.52 Å². The van der Waals surface area contributed by atoms with Crippen molar-refractivity contribution in [1.29, 1.82) is 0 Å². The molecule has 7 heteroatoms. The van der Waals surface area contributed by atoms with Crippen LogP contribution in [0, 0.1) is 10.1 Å². The minimum absolute atomic E-state index is 0.0490. The summed E-state index contributed by atoms with van der Waals surface area (Å²) in [6.45, 7) is 0.958. The number of nitro benzene ring substituents is 1. The largest absolute Gasteiger partial charge is 0.337 e. The van der Waals surface area contributed by atoms with E-state index in [2.05, 4.69) is 15.5 Å². The van der Waals surface area contributed by atoms with Gasteiger partial charge in [-0.1, -0.05) is 18.0 Å². The summed E-state index contributed by atoms with van der Waals surface area (Å²) in [5.74, 6) is 1.05. The molecule has 110 valence electrons. The number of non-ortho nitro benzene ring substituents is 1. The SMILES string of the molecule is O=[N+]([O-])c1ccc(-c2noc(C3CCCCCN3)n2)cc1. The van der Waals surface area contributed by atoms with Crippen LogP contribution in [0.25, 0.3) is 11.4 Å². The Labute approximate surface area is 121 Å². The van der Waals surface area contributed by atoms with Gasteiger partial charge in [0, 0.05) is 17.7 Å². The summed E-state index contributed by atoms with van der Waals surface area (Å²) in [7, 11) is 0. The zero-order valence-corrected chi connectivity index (χ0v) is 11.5. The molecule has 0 bridgehead atoms. The van der Waals surface area contributed by atoms with Crippen molar-refractivity contribution in [2.24, 2.45) is 0 Å². The Balaban J connectivity index is 1.79. The third kappa shape index (κ3) is 3.08. The number of hydrogen-bond acceptors (Lipinski definition) is 6. The molecule has 1 fully saturated rings. The van der Waals surface area contributed by atoms with Gasteiger partial charge in [-0.05, 0) is 31.5 Å². The number of benzene rings is 1. The van der Waals surface area contributed by atoms with E-state index in [1.165, 1.54) is 25.0 Å². The van der Waals surface area contributed by atoms with Gasteiger partial charge in [-0.25, -0.2) is 0 Å². The summed E-state index contributed by atoms with van der Waals surface area (Å²) in [6, 6.07) is 6.25. The first-order valence-corrected chi connectivity index (χ1v) is 7.06. The highest BCUT2D eigenvalue weighted by molar-refractivity contribution is 5.56. The van der Waals surface area contributed by atoms with E-state index >= 15 is 0 Å². The Morgan fingerprint density at radius 1 is 1.24 bits per heavy atom. The van der Waals surface area contributed by atoms with Gasteiger partial charge in [0.25, 0.3) is 5.69 Å². The predicted molar refractivity (Wildman–Crippen MR) is 75.6 cm³/mol. The van der Waals surface area contributed by atoms with Crippen LogP contribution >= 0.6 is 0 Å². The van der Waals surface area contributed by atoms with Gasteiger partial charge in [0.15, 0.2) is 0 Å². The first kappa shape index (κ1) is 13.7. The molecule has 0 saturated carbocycles. The van der Waals surface area contributed by atoms with Gasteiger partial charge in [-0.2, -0.15) is 4.98 Å². The van der Waals surface area contributed by atoms with E-state index in [1.807, 2.05) is 0 Å². The Hall–Kier alpha value is -2.28. The zero-order chi connectivity index (χ0) is 14.7. The normalized spacial score (nSPS) is 19.1. The fourth-order valence-corrected chi connectivity index (χ4v) is 2.47. The predicted octanol–water partition coefficient (Wildman–Crippen LogP) is 2.85. The van der Waals surface area contributed by atoms with Crippen LogP contribution in [-0.2, 0) is 0 Å². The molecule has 0 aliphatic carbocycles. The van der Waals surface area contributed by atoms with Crippen molar-refractivity contribution < 1.29 is 9.45 Å². The molecular weight excluding hydrogens is 272 g/mol. The van der Waals surface area contributed by atoms with E-state index in [1.54, 1.807) is 12.1 Å². The Bertz CT molecular complexity index is 615. The maximum Gasteiger partial charge on any atom is 0.269 e. The average molecular weight is 288 g/mol. The molecule has 1 saturated heterocycles. The molecule has 1 aliphatic rings. The second kappa shape index (κ2) is 6.01. The van der Waals surface area contributed by atoms with Crippen LogP contribution < -0.4 is 5.32 Å². The number of hydrogen-bond donors (Lipinski definition) is 1. The standard InChI is InChI=1S/C14H16N4O3/c19-18(20)11-7-5-10(6-8-11)13-16-14(21-17-13)12-4-2-1-3-9-15-12/h5-8,12,15H,1-4,9H2. The summed E-state index contributed by atoms with van der Waals surface area (Å²) < 4.78 is 5.33. The lowest BCUT2D eigenvalue weighted by Gasteiger charge is -2.09. The molecule has 3 rings (SSSR count). The molecule has 21 heavy (non-hydrogen) atoms. The Kier molecular flexibility index (Phi) is 3.92. The molecule has 7 nitrogen and oxygen atoms in total. The second-order valence-electron chi connectivity index (χ2n) is 5.12. The molecule has 1 N–H and O–H groups in total. The lowest BCUT2D eigenvalue weighted by atomic mass is 10.1. The first-order valence-electron chi connectivity index (χ1n) is 7.06. The minimum atomic E-state index is -0.430. The first-order chi connectivity index (χ1) is 10.2. The van der Waals surface area contributed by atoms with Gasteiger partial charge in [0.2, 0.25) is 11.7 Å². The van der Waals surface area contributed by atoms with E-state index in [-0.39, 0.29) is 11.7 Å². The van der Waals surface area contributed by atoms with Gasteiger partial charge in [0.1, 0.15) is 0 Å². The molecule has 2 aromatic rings. The minimum Gasteiger partial charge on any atom is -0.337 e. The number of nitrogens with zero attached hydrogens (tertiary/aromatic N) is 3. The molecule has 0 amide bonds. The lowest BCUT2D eigenvalue weighted by Crippen LogP contribution is -2.20. The topological polar surface area (TPSA) is 94.1 Å². The van der Waals surface area contributed by atoms with Crippen LogP contribution in [0.5, 0.6) is 0 Å². The van der Waals surface area contributed by atoms with Crippen LogP contribution in [0.15, 0.2) is 28.8 Å². The highest BCUT2D eigenvalue weighted by atomic mass is 16.6. The number of aromatic nitrogens is 2. The maximum absolute atomic E-state index is 10.6. The molecular formula is C14H16N4O3. The molecule has 0 radical (unpaired) electrons. The Morgan fingerprint density at radius 3 is 2.81 bits per heavy atom. The quantitative estimate of drug-likeness (QED) is 0.689. The summed E-state index contributed by atoms with van der Waals surface area (Å²) in [5, 5.41) is 18.0. The van der Waals surface area contributed by atoms with Crippen molar-refractivity contribution in [3.63, 3.8) is 0 Å². The van der Waals surface area contributed by atoms with Crippen LogP contribution in [0.2, 0.25) is 0 Å².